The second-order valence-electron chi connectivity index (χ2n) is 12.7. The maximum atomic E-state index is 8.73. The summed E-state index contributed by atoms with van der Waals surface area (Å²) in [7, 11) is 0. The van der Waals surface area contributed by atoms with Crippen molar-refractivity contribution in [2.45, 2.75) is 23.6 Å². The first-order chi connectivity index (χ1) is 24.2. The van der Waals surface area contributed by atoms with Gasteiger partial charge in [0.15, 0.2) is 0 Å². The zero-order valence-electron chi connectivity index (χ0n) is 29.6. The van der Waals surface area contributed by atoms with E-state index in [0.29, 0.717) is 22.4 Å². The van der Waals surface area contributed by atoms with Crippen molar-refractivity contribution in [1.29, 1.82) is 0 Å². The van der Waals surface area contributed by atoms with E-state index in [9.17, 15) is 0 Å². The summed E-state index contributed by atoms with van der Waals surface area (Å²) in [6.45, 7) is 0. The van der Waals surface area contributed by atoms with Crippen molar-refractivity contribution in [3.05, 3.63) is 175 Å². The van der Waals surface area contributed by atoms with Crippen molar-refractivity contribution in [1.82, 2.24) is 9.97 Å². The van der Waals surface area contributed by atoms with E-state index in [1.54, 1.807) is 30.5 Å². The van der Waals surface area contributed by atoms with Gasteiger partial charge >= 0.3 is 99.8 Å². The van der Waals surface area contributed by atoms with Crippen molar-refractivity contribution in [3.8, 4) is 33.6 Å². The van der Waals surface area contributed by atoms with E-state index in [1.165, 1.54) is 4.40 Å². The maximum absolute atomic E-state index is 8.73. The summed E-state index contributed by atoms with van der Waals surface area (Å²) in [6, 6.07) is 51.8. The molecule has 5 heteroatoms. The van der Waals surface area contributed by atoms with Gasteiger partial charge in [-0.1, -0.05) is 89.8 Å². The molecule has 0 amide bonds. The quantitative estimate of drug-likeness (QED) is 0.123. The standard InChI is InChI=1S/C30H20NO.C14H16GeN.Ir/c1-3-8-21(9-4-1)18-22-16-17-31-28(19-22)27-13-7-12-26-25-15-14-24(20-29(25)32-30(26)27)23-10-5-2-6-11-23;1-15(2,3)13-9-10-14(16-11-13)12-7-5-4-6-8-12;/h1-12,14-17,19-20H,18H2;4-7,9-11H,1-3H3;/q2*-1;/i18D2;;. The van der Waals surface area contributed by atoms with Gasteiger partial charge in [0.2, 0.25) is 0 Å². The number of pyridine rings is 2. The van der Waals surface area contributed by atoms with Gasteiger partial charge in [-0.05, 0) is 46.5 Å². The Labute approximate surface area is 307 Å². The monoisotopic (exact) mass is 877 g/mol. The average molecular weight is 876 g/mol. The van der Waals surface area contributed by atoms with E-state index in [0.717, 1.165) is 44.3 Å². The van der Waals surface area contributed by atoms with Crippen LogP contribution in [0.25, 0.3) is 55.6 Å². The van der Waals surface area contributed by atoms with Crippen LogP contribution in [0.15, 0.2) is 156 Å². The Bertz CT molecular complexity index is 2380. The summed E-state index contributed by atoms with van der Waals surface area (Å²) in [5, 5.41) is 2.02. The first-order valence-electron chi connectivity index (χ1n) is 17.1. The van der Waals surface area contributed by atoms with Gasteiger partial charge in [-0.15, -0.1) is 18.2 Å². The molecule has 0 saturated carbocycles. The number of hydrogen-bond acceptors (Lipinski definition) is 3. The van der Waals surface area contributed by atoms with Gasteiger partial charge < -0.3 is 9.40 Å². The molecule has 1 radical (unpaired) electrons. The topological polar surface area (TPSA) is 38.9 Å². The second-order valence-corrected chi connectivity index (χ2v) is 23.3. The van der Waals surface area contributed by atoms with Crippen molar-refractivity contribution in [3.63, 3.8) is 0 Å². The van der Waals surface area contributed by atoms with Crippen LogP contribution in [-0.2, 0) is 26.5 Å². The third-order valence-corrected chi connectivity index (χ3v) is 12.5. The molecular weight excluding hydrogens is 837 g/mol. The van der Waals surface area contributed by atoms with Crippen LogP contribution < -0.4 is 4.40 Å². The first-order valence-corrected chi connectivity index (χ1v) is 23.4. The largest absolute Gasteiger partial charge is 0 e. The number of fused-ring (bicyclic) bond motifs is 3. The summed E-state index contributed by atoms with van der Waals surface area (Å²) in [5.74, 6) is 7.14. The SMILES string of the molecule is [2H]C([2H])(c1ccccc1)c1ccnc(-c2[c-]ccc3c2oc2cc(-c4ccccc4)ccc23)c1.[CH3][Ge]([CH3])([CH3])[c]1ccc(-c2[c-]cccc2)nc1.[Ir]. The molecule has 8 rings (SSSR count). The van der Waals surface area contributed by atoms with Crippen LogP contribution in [0, 0.1) is 12.1 Å². The molecule has 0 saturated heterocycles. The third kappa shape index (κ3) is 8.00. The molecule has 8 aromatic rings. The molecule has 49 heavy (non-hydrogen) atoms. The molecule has 3 nitrogen and oxygen atoms in total. The van der Waals surface area contributed by atoms with Crippen LogP contribution in [0.5, 0.6) is 0 Å². The van der Waals surface area contributed by atoms with Crippen LogP contribution in [0.2, 0.25) is 17.3 Å². The Morgan fingerprint density at radius 1 is 0.653 bits per heavy atom. The zero-order valence-corrected chi connectivity index (χ0v) is 32.1. The van der Waals surface area contributed by atoms with E-state index < -0.39 is 19.6 Å². The number of hydrogen-bond donors (Lipinski definition) is 0. The van der Waals surface area contributed by atoms with Crippen molar-refractivity contribution in [2.24, 2.45) is 0 Å². The van der Waals surface area contributed by atoms with Gasteiger partial charge in [-0.2, -0.15) is 0 Å². The minimum Gasteiger partial charge on any atom is 0 e. The molecule has 0 fully saturated rings. The molecule has 0 spiro atoms. The molecule has 0 unspecified atom stereocenters. The Hall–Kier alpha value is -4.61. The summed E-state index contributed by atoms with van der Waals surface area (Å²) in [5.41, 5.74) is 8.30. The number of benzene rings is 5. The Kier molecular flexibility index (Phi) is 9.88. The molecular formula is C44H36GeIrN2O-2. The van der Waals surface area contributed by atoms with E-state index in [1.807, 2.05) is 79.0 Å². The average Bonchev–Trinajstić information content (AvgIpc) is 3.54. The molecule has 3 aromatic heterocycles. The normalized spacial score (nSPS) is 12.0. The molecule has 0 aliphatic heterocycles. The molecule has 243 valence electrons. The molecule has 5 aromatic carbocycles. The minimum absolute atomic E-state index is 0. The fraction of sp³-hybridized carbons (Fsp3) is 0.0909. The van der Waals surface area contributed by atoms with E-state index >= 15 is 0 Å². The van der Waals surface area contributed by atoms with Crippen molar-refractivity contribution >= 4 is 39.6 Å². The van der Waals surface area contributed by atoms with Crippen LogP contribution in [0.4, 0.5) is 0 Å². The summed E-state index contributed by atoms with van der Waals surface area (Å²) < 4.78 is 25.2. The number of furan rings is 1. The van der Waals surface area contributed by atoms with Gasteiger partial charge in [0, 0.05) is 34.4 Å². The van der Waals surface area contributed by atoms with Gasteiger partial charge in [0.25, 0.3) is 0 Å². The molecule has 0 N–H and O–H groups in total. The predicted octanol–water partition coefficient (Wildman–Crippen LogP) is 10.8. The van der Waals surface area contributed by atoms with Crippen LogP contribution in [0.1, 0.15) is 13.9 Å². The Morgan fingerprint density at radius 3 is 2.14 bits per heavy atom. The van der Waals surface area contributed by atoms with Crippen LogP contribution >= 0.6 is 0 Å². The molecule has 3 heterocycles. The first kappa shape index (κ1) is 31.6. The van der Waals surface area contributed by atoms with Crippen molar-refractivity contribution < 1.29 is 27.3 Å². The summed E-state index contributed by atoms with van der Waals surface area (Å²) in [6.07, 6.45) is 2.04. The van der Waals surface area contributed by atoms with Crippen LogP contribution in [-0.4, -0.2) is 23.2 Å². The van der Waals surface area contributed by atoms with E-state index in [2.05, 4.69) is 81.8 Å². The molecule has 0 aliphatic rings. The van der Waals surface area contributed by atoms with Gasteiger partial charge in [-0.3, -0.25) is 0 Å². The van der Waals surface area contributed by atoms with E-state index in [-0.39, 0.29) is 20.1 Å². The molecule has 0 atom stereocenters. The summed E-state index contributed by atoms with van der Waals surface area (Å²) >= 11 is -1.72. The number of nitrogens with zero attached hydrogens (tertiary/aromatic N) is 2. The van der Waals surface area contributed by atoms with Gasteiger partial charge in [-0.25, -0.2) is 0 Å². The fourth-order valence-electron chi connectivity index (χ4n) is 5.62. The second kappa shape index (κ2) is 15.3. The van der Waals surface area contributed by atoms with Crippen molar-refractivity contribution in [2.75, 3.05) is 0 Å². The number of rotatable bonds is 6. The summed E-state index contributed by atoms with van der Waals surface area (Å²) in [4.78, 5) is 9.08. The maximum Gasteiger partial charge on any atom is 0 e. The molecule has 0 bridgehead atoms. The van der Waals surface area contributed by atoms with Gasteiger partial charge in [0.05, 0.1) is 5.58 Å². The zero-order chi connectivity index (χ0) is 34.7. The predicted molar refractivity (Wildman–Crippen MR) is 202 cm³/mol. The Balaban J connectivity index is 0.000000222. The number of aromatic nitrogens is 2. The smallest absolute Gasteiger partial charge is 0 e. The molecule has 0 aliphatic carbocycles. The van der Waals surface area contributed by atoms with Gasteiger partial charge in [0.1, 0.15) is 5.58 Å². The van der Waals surface area contributed by atoms with Crippen LogP contribution in [0.3, 0.4) is 0 Å². The minimum atomic E-state index is -1.72. The van der Waals surface area contributed by atoms with E-state index in [4.69, 9.17) is 7.16 Å². The Morgan fingerprint density at radius 2 is 1.43 bits per heavy atom. The fourth-order valence-corrected chi connectivity index (χ4v) is 7.80. The third-order valence-electron chi connectivity index (χ3n) is 8.23.